The number of halogens is 1. The van der Waals surface area contributed by atoms with Crippen LogP contribution < -0.4 is 5.32 Å². The number of benzene rings is 2. The number of amides is 1. The Kier molecular flexibility index (Phi) is 5.38. The van der Waals surface area contributed by atoms with Crippen molar-refractivity contribution in [3.63, 3.8) is 0 Å². The van der Waals surface area contributed by atoms with Crippen molar-refractivity contribution in [1.82, 2.24) is 9.78 Å². The Balaban J connectivity index is 1.88. The summed E-state index contributed by atoms with van der Waals surface area (Å²) in [6.07, 6.45) is 0. The summed E-state index contributed by atoms with van der Waals surface area (Å²) >= 11 is 6.25. The van der Waals surface area contributed by atoms with Gasteiger partial charge in [-0.3, -0.25) is 14.3 Å². The first kappa shape index (κ1) is 19.8. The topological polar surface area (TPSA) is 64.0 Å². The third kappa shape index (κ3) is 4.15. The number of carbonyl (C=O) groups excluding carboxylic acids is 2. The van der Waals surface area contributed by atoms with Gasteiger partial charge in [0.05, 0.1) is 16.4 Å². The van der Waals surface area contributed by atoms with Crippen LogP contribution in [0.2, 0.25) is 5.02 Å². The summed E-state index contributed by atoms with van der Waals surface area (Å²) in [6.45, 7) is 6.10. The Bertz CT molecular complexity index is 1030. The van der Waals surface area contributed by atoms with Crippen LogP contribution in [0.4, 0.5) is 5.69 Å². The molecule has 1 heterocycles. The van der Waals surface area contributed by atoms with Gasteiger partial charge in [0, 0.05) is 23.6 Å². The average molecular weight is 396 g/mol. The number of rotatable bonds is 4. The SMILES string of the molecule is Cn1nc(C(C)(C)C)cc1C(=O)Nc1cc(C(=O)c2ccccc2)ccc1Cl. The van der Waals surface area contributed by atoms with Gasteiger partial charge in [-0.1, -0.05) is 62.7 Å². The fraction of sp³-hybridized carbons (Fsp3) is 0.227. The molecular formula is C22H22ClN3O2. The predicted octanol–water partition coefficient (Wildman–Crippen LogP) is 4.85. The molecule has 144 valence electrons. The highest BCUT2D eigenvalue weighted by Gasteiger charge is 2.22. The molecule has 0 bridgehead atoms. The minimum atomic E-state index is -0.336. The molecule has 0 fully saturated rings. The number of ketones is 1. The molecular weight excluding hydrogens is 374 g/mol. The molecule has 5 nitrogen and oxygen atoms in total. The molecule has 0 atom stereocenters. The van der Waals surface area contributed by atoms with E-state index in [0.717, 1.165) is 5.69 Å². The summed E-state index contributed by atoms with van der Waals surface area (Å²) in [6, 6.07) is 15.6. The molecule has 2 aromatic carbocycles. The minimum Gasteiger partial charge on any atom is -0.319 e. The van der Waals surface area contributed by atoms with Crippen LogP contribution in [0.1, 0.15) is 52.9 Å². The average Bonchev–Trinajstić information content (AvgIpc) is 3.06. The highest BCUT2D eigenvalue weighted by molar-refractivity contribution is 6.34. The Morgan fingerprint density at radius 3 is 2.29 bits per heavy atom. The van der Waals surface area contributed by atoms with Crippen molar-refractivity contribution >= 4 is 29.0 Å². The van der Waals surface area contributed by atoms with E-state index in [1.165, 1.54) is 0 Å². The smallest absolute Gasteiger partial charge is 0.273 e. The van der Waals surface area contributed by atoms with Crippen LogP contribution in [0.3, 0.4) is 0 Å². The number of anilines is 1. The number of nitrogens with zero attached hydrogens (tertiary/aromatic N) is 2. The van der Waals surface area contributed by atoms with Crippen LogP contribution in [-0.4, -0.2) is 21.5 Å². The minimum absolute atomic E-state index is 0.136. The third-order valence-corrected chi connectivity index (χ3v) is 4.72. The lowest BCUT2D eigenvalue weighted by molar-refractivity contribution is 0.101. The van der Waals surface area contributed by atoms with Gasteiger partial charge in [0.15, 0.2) is 5.78 Å². The Morgan fingerprint density at radius 2 is 1.68 bits per heavy atom. The first-order valence-corrected chi connectivity index (χ1v) is 9.30. The van der Waals surface area contributed by atoms with Gasteiger partial charge in [-0.05, 0) is 24.3 Å². The summed E-state index contributed by atoms with van der Waals surface area (Å²) in [5.41, 5.74) is 2.47. The van der Waals surface area contributed by atoms with Crippen LogP contribution >= 0.6 is 11.6 Å². The van der Waals surface area contributed by atoms with Gasteiger partial charge < -0.3 is 5.32 Å². The zero-order valence-electron chi connectivity index (χ0n) is 16.3. The van der Waals surface area contributed by atoms with E-state index < -0.39 is 0 Å². The third-order valence-electron chi connectivity index (χ3n) is 4.39. The number of hydrogen-bond donors (Lipinski definition) is 1. The summed E-state index contributed by atoms with van der Waals surface area (Å²) in [4.78, 5) is 25.4. The molecule has 0 unspecified atom stereocenters. The molecule has 0 saturated heterocycles. The predicted molar refractivity (Wildman–Crippen MR) is 111 cm³/mol. The fourth-order valence-electron chi connectivity index (χ4n) is 2.75. The van der Waals surface area contributed by atoms with E-state index in [9.17, 15) is 9.59 Å². The van der Waals surface area contributed by atoms with E-state index in [1.807, 2.05) is 26.8 Å². The molecule has 0 aliphatic carbocycles. The molecule has 0 aliphatic heterocycles. The fourth-order valence-corrected chi connectivity index (χ4v) is 2.92. The van der Waals surface area contributed by atoms with Crippen LogP contribution in [0.5, 0.6) is 0 Å². The second kappa shape index (κ2) is 7.60. The maximum atomic E-state index is 12.8. The van der Waals surface area contributed by atoms with E-state index in [4.69, 9.17) is 11.6 Å². The van der Waals surface area contributed by atoms with Crippen LogP contribution in [-0.2, 0) is 12.5 Å². The van der Waals surface area contributed by atoms with E-state index in [0.29, 0.717) is 27.5 Å². The molecule has 0 radical (unpaired) electrons. The molecule has 0 aliphatic rings. The Hall–Kier alpha value is -2.92. The van der Waals surface area contributed by atoms with Crippen molar-refractivity contribution in [2.45, 2.75) is 26.2 Å². The van der Waals surface area contributed by atoms with E-state index in [2.05, 4.69) is 10.4 Å². The van der Waals surface area contributed by atoms with Gasteiger partial charge in [0.25, 0.3) is 5.91 Å². The number of aromatic nitrogens is 2. The van der Waals surface area contributed by atoms with Crippen molar-refractivity contribution < 1.29 is 9.59 Å². The second-order valence-electron chi connectivity index (χ2n) is 7.63. The van der Waals surface area contributed by atoms with E-state index >= 15 is 0 Å². The molecule has 0 spiro atoms. The Morgan fingerprint density at radius 1 is 1.00 bits per heavy atom. The maximum absolute atomic E-state index is 12.8. The monoisotopic (exact) mass is 395 g/mol. The zero-order chi connectivity index (χ0) is 20.5. The normalized spacial score (nSPS) is 11.3. The quantitative estimate of drug-likeness (QED) is 0.642. The lowest BCUT2D eigenvalue weighted by atomic mass is 9.92. The van der Waals surface area contributed by atoms with Crippen molar-refractivity contribution in [2.24, 2.45) is 7.05 Å². The first-order valence-electron chi connectivity index (χ1n) is 8.92. The van der Waals surface area contributed by atoms with Gasteiger partial charge >= 0.3 is 0 Å². The zero-order valence-corrected chi connectivity index (χ0v) is 17.0. The van der Waals surface area contributed by atoms with Crippen LogP contribution in [0.25, 0.3) is 0 Å². The molecule has 1 aromatic heterocycles. The van der Waals surface area contributed by atoms with Crippen molar-refractivity contribution in [3.8, 4) is 0 Å². The summed E-state index contributed by atoms with van der Waals surface area (Å²) in [7, 11) is 1.72. The highest BCUT2D eigenvalue weighted by Crippen LogP contribution is 2.26. The molecule has 3 rings (SSSR count). The van der Waals surface area contributed by atoms with E-state index in [1.54, 1.807) is 60.3 Å². The molecule has 28 heavy (non-hydrogen) atoms. The van der Waals surface area contributed by atoms with E-state index in [-0.39, 0.29) is 17.1 Å². The molecule has 3 aromatic rings. The number of hydrogen-bond acceptors (Lipinski definition) is 3. The lowest BCUT2D eigenvalue weighted by Crippen LogP contribution is -2.16. The van der Waals surface area contributed by atoms with Gasteiger partial charge in [-0.2, -0.15) is 5.10 Å². The van der Waals surface area contributed by atoms with Crippen LogP contribution in [0, 0.1) is 0 Å². The lowest BCUT2D eigenvalue weighted by Gasteiger charge is -2.13. The van der Waals surface area contributed by atoms with Gasteiger partial charge in [0.1, 0.15) is 5.69 Å². The largest absolute Gasteiger partial charge is 0.319 e. The second-order valence-corrected chi connectivity index (χ2v) is 8.04. The first-order chi connectivity index (χ1) is 13.2. The standard InChI is InChI=1S/C22H22ClN3O2/c1-22(2,3)19-13-18(26(4)25-19)21(28)24-17-12-15(10-11-16(17)23)20(27)14-8-6-5-7-9-14/h5-13H,1-4H3,(H,24,28). The summed E-state index contributed by atoms with van der Waals surface area (Å²) in [5, 5.41) is 7.57. The summed E-state index contributed by atoms with van der Waals surface area (Å²) < 4.78 is 1.54. The molecule has 0 saturated carbocycles. The maximum Gasteiger partial charge on any atom is 0.273 e. The highest BCUT2D eigenvalue weighted by atomic mass is 35.5. The van der Waals surface area contributed by atoms with Gasteiger partial charge in [0.2, 0.25) is 0 Å². The van der Waals surface area contributed by atoms with Crippen molar-refractivity contribution in [2.75, 3.05) is 5.32 Å². The molecule has 6 heteroatoms. The van der Waals surface area contributed by atoms with Crippen molar-refractivity contribution in [3.05, 3.63) is 82.1 Å². The number of aryl methyl sites for hydroxylation is 1. The van der Waals surface area contributed by atoms with Crippen molar-refractivity contribution in [1.29, 1.82) is 0 Å². The summed E-state index contributed by atoms with van der Waals surface area (Å²) in [5.74, 6) is -0.472. The van der Waals surface area contributed by atoms with Gasteiger partial charge in [-0.25, -0.2) is 0 Å². The van der Waals surface area contributed by atoms with Gasteiger partial charge in [-0.15, -0.1) is 0 Å². The molecule has 1 N–H and O–H groups in total. The number of nitrogens with one attached hydrogen (secondary N) is 1. The molecule has 1 amide bonds. The number of carbonyl (C=O) groups is 2. The van der Waals surface area contributed by atoms with Crippen LogP contribution in [0.15, 0.2) is 54.6 Å². The Labute approximate surface area is 169 Å².